The third-order valence-corrected chi connectivity index (χ3v) is 12.7. The number of ether oxygens (including phenoxy) is 2. The van der Waals surface area contributed by atoms with Crippen LogP contribution in [-0.4, -0.2) is 39.6 Å². The van der Waals surface area contributed by atoms with Crippen molar-refractivity contribution in [3.05, 3.63) is 95.6 Å². The van der Waals surface area contributed by atoms with E-state index in [9.17, 15) is 9.59 Å². The van der Waals surface area contributed by atoms with E-state index in [0.717, 1.165) is 10.5 Å². The minimum atomic E-state index is -2.15. The molecule has 4 rings (SSSR count). The van der Waals surface area contributed by atoms with E-state index in [1.54, 1.807) is 33.9 Å². The maximum Gasteiger partial charge on any atom is 0.421 e. The third-order valence-electron chi connectivity index (χ3n) is 8.18. The summed E-state index contributed by atoms with van der Waals surface area (Å²) in [6.45, 7) is 16.8. The van der Waals surface area contributed by atoms with Gasteiger partial charge in [0.15, 0.2) is 13.9 Å². The predicted octanol–water partition coefficient (Wildman–Crippen LogP) is 7.57. The molecule has 0 saturated heterocycles. The van der Waals surface area contributed by atoms with Crippen LogP contribution in [0, 0.1) is 0 Å². The number of carbonyl (C=O) groups is 2. The monoisotopic (exact) mass is 588 g/mol. The molecule has 0 aromatic heterocycles. The van der Waals surface area contributed by atoms with Gasteiger partial charge in [0.2, 0.25) is 0 Å². The molecule has 0 aliphatic carbocycles. The Hall–Kier alpha value is -3.46. The summed E-state index contributed by atoms with van der Waals surface area (Å²) in [7, 11) is -0.541. The van der Waals surface area contributed by atoms with Gasteiger partial charge in [-0.05, 0) is 68.2 Å². The first-order valence-electron chi connectivity index (χ1n) is 14.4. The van der Waals surface area contributed by atoms with Crippen LogP contribution in [0.25, 0.3) is 0 Å². The van der Waals surface area contributed by atoms with Gasteiger partial charge in [0.1, 0.15) is 11.4 Å². The van der Waals surface area contributed by atoms with Crippen LogP contribution in [0.2, 0.25) is 18.1 Å². The van der Waals surface area contributed by atoms with Gasteiger partial charge in [-0.3, -0.25) is 10.1 Å². The second-order valence-electron chi connectivity index (χ2n) is 13.3. The Balaban J connectivity index is 1.90. The van der Waals surface area contributed by atoms with Gasteiger partial charge in [-0.15, -0.1) is 0 Å². The summed E-state index contributed by atoms with van der Waals surface area (Å²) in [5.74, 6) is 0.230. The molecule has 1 heterocycles. The van der Waals surface area contributed by atoms with Crippen molar-refractivity contribution >= 4 is 26.0 Å². The van der Waals surface area contributed by atoms with E-state index in [2.05, 4.69) is 39.2 Å². The second-order valence-corrected chi connectivity index (χ2v) is 18.1. The molecular weight excluding hydrogens is 544 g/mol. The second kappa shape index (κ2) is 11.7. The number of hydrogen-bond donors (Lipinski definition) is 1. The zero-order valence-electron chi connectivity index (χ0n) is 26.3. The molecule has 42 heavy (non-hydrogen) atoms. The highest BCUT2D eigenvalue weighted by Crippen LogP contribution is 2.47. The summed E-state index contributed by atoms with van der Waals surface area (Å²) in [6, 6.07) is 24.4. The molecule has 3 aromatic rings. The van der Waals surface area contributed by atoms with Crippen LogP contribution in [0.15, 0.2) is 78.9 Å². The van der Waals surface area contributed by atoms with E-state index in [0.29, 0.717) is 29.2 Å². The van der Waals surface area contributed by atoms with Crippen molar-refractivity contribution in [3.63, 3.8) is 0 Å². The number of rotatable bonds is 8. The summed E-state index contributed by atoms with van der Waals surface area (Å²) < 4.78 is 17.9. The Morgan fingerprint density at radius 1 is 0.905 bits per heavy atom. The fraction of sp³-hybridized carbons (Fsp3) is 0.412. The summed E-state index contributed by atoms with van der Waals surface area (Å²) >= 11 is 0. The van der Waals surface area contributed by atoms with Crippen molar-refractivity contribution in [2.45, 2.75) is 76.9 Å². The largest absolute Gasteiger partial charge is 0.497 e. The molecule has 0 bridgehead atoms. The van der Waals surface area contributed by atoms with Crippen LogP contribution in [0.5, 0.6) is 5.75 Å². The molecule has 2 amide bonds. The molecule has 0 spiro atoms. The summed E-state index contributed by atoms with van der Waals surface area (Å²) in [6.07, 6.45) is -0.717. The van der Waals surface area contributed by atoms with Gasteiger partial charge in [0, 0.05) is 5.56 Å². The van der Waals surface area contributed by atoms with Gasteiger partial charge in [-0.25, -0.2) is 9.69 Å². The molecule has 1 aliphatic heterocycles. The predicted molar refractivity (Wildman–Crippen MR) is 169 cm³/mol. The Bertz CT molecular complexity index is 1410. The number of amides is 2. The molecular formula is C34H44N2O5Si. The highest BCUT2D eigenvalue weighted by Gasteiger charge is 2.56. The van der Waals surface area contributed by atoms with Crippen molar-refractivity contribution in [1.29, 1.82) is 0 Å². The lowest BCUT2D eigenvalue weighted by Crippen LogP contribution is -2.55. The van der Waals surface area contributed by atoms with Crippen LogP contribution >= 0.6 is 0 Å². The zero-order chi connectivity index (χ0) is 30.9. The summed E-state index contributed by atoms with van der Waals surface area (Å²) in [5.41, 5.74) is 0.618. The molecule has 1 N–H and O–H groups in total. The highest BCUT2D eigenvalue weighted by atomic mass is 28.4. The molecule has 1 aliphatic rings. The maximum absolute atomic E-state index is 14.8. The summed E-state index contributed by atoms with van der Waals surface area (Å²) in [5, 5.41) is 3.74. The van der Waals surface area contributed by atoms with Crippen LogP contribution in [-0.2, 0) is 19.5 Å². The lowest BCUT2D eigenvalue weighted by Gasteiger charge is -2.39. The topological polar surface area (TPSA) is 77.1 Å². The first-order chi connectivity index (χ1) is 19.6. The number of carbonyl (C=O) groups excluding carboxylic acids is 2. The molecule has 0 radical (unpaired) electrons. The molecule has 0 unspecified atom stereocenters. The van der Waals surface area contributed by atoms with E-state index in [1.165, 1.54) is 0 Å². The molecule has 0 fully saturated rings. The van der Waals surface area contributed by atoms with Crippen LogP contribution < -0.4 is 15.0 Å². The Kier molecular flexibility index (Phi) is 8.74. The van der Waals surface area contributed by atoms with Crippen molar-refractivity contribution < 1.29 is 23.5 Å². The van der Waals surface area contributed by atoms with Crippen LogP contribution in [0.3, 0.4) is 0 Å². The SMILES string of the molecule is COc1ccc([C@@]2(N[C@@H](CO[Si](C)(C)C(C)(C)C)c3ccccc3)C(=O)N(C(=O)OC(C)(C)C)c3ccccc32)cc1. The van der Waals surface area contributed by atoms with Gasteiger partial charge in [0.25, 0.3) is 5.91 Å². The molecule has 3 aromatic carbocycles. The first-order valence-corrected chi connectivity index (χ1v) is 17.3. The molecule has 2 atom stereocenters. The summed E-state index contributed by atoms with van der Waals surface area (Å²) in [4.78, 5) is 29.5. The third kappa shape index (κ3) is 6.16. The van der Waals surface area contributed by atoms with Gasteiger partial charge in [0.05, 0.1) is 25.4 Å². The number of nitrogens with zero attached hydrogens (tertiary/aromatic N) is 1. The van der Waals surface area contributed by atoms with E-state index >= 15 is 0 Å². The Morgan fingerprint density at radius 3 is 2.07 bits per heavy atom. The number of anilines is 1. The van der Waals surface area contributed by atoms with E-state index in [-0.39, 0.29) is 11.1 Å². The van der Waals surface area contributed by atoms with Gasteiger partial charge in [-0.2, -0.15) is 0 Å². The number of nitrogens with one attached hydrogen (secondary N) is 1. The fourth-order valence-corrected chi connectivity index (χ4v) is 5.90. The lowest BCUT2D eigenvalue weighted by atomic mass is 9.82. The first kappa shape index (κ1) is 31.5. The average Bonchev–Trinajstić information content (AvgIpc) is 3.18. The zero-order valence-corrected chi connectivity index (χ0v) is 27.3. The van der Waals surface area contributed by atoms with Gasteiger partial charge >= 0.3 is 6.09 Å². The number of methoxy groups -OCH3 is 1. The van der Waals surface area contributed by atoms with E-state index in [4.69, 9.17) is 13.9 Å². The van der Waals surface area contributed by atoms with Crippen molar-refractivity contribution in [3.8, 4) is 5.75 Å². The number of fused-ring (bicyclic) bond motifs is 1. The number of para-hydroxylation sites is 1. The van der Waals surface area contributed by atoms with Crippen molar-refractivity contribution in [2.75, 3.05) is 18.6 Å². The quantitative estimate of drug-likeness (QED) is 0.274. The normalized spacial score (nSPS) is 18.0. The van der Waals surface area contributed by atoms with Crippen LogP contribution in [0.4, 0.5) is 10.5 Å². The Morgan fingerprint density at radius 2 is 1.50 bits per heavy atom. The lowest BCUT2D eigenvalue weighted by molar-refractivity contribution is -0.123. The van der Waals surface area contributed by atoms with Gasteiger partial charge in [-0.1, -0.05) is 81.4 Å². The molecule has 0 saturated carbocycles. The number of hydrogen-bond acceptors (Lipinski definition) is 6. The fourth-order valence-electron chi connectivity index (χ4n) is 4.89. The standard InChI is InChI=1S/C34H44N2O5Si/c1-32(2,3)41-31(38)36-29-18-14-13-17-27(29)34(30(36)37,25-19-21-26(39-7)22-20-25)35-28(24-15-11-10-12-16-24)23-40-42(8,9)33(4,5)6/h10-22,28,35H,23H2,1-9H3/t28-,34-/m0/s1. The Labute approximate surface area is 251 Å². The molecule has 8 heteroatoms. The van der Waals surface area contributed by atoms with Crippen LogP contribution in [0.1, 0.15) is 64.3 Å². The number of benzene rings is 3. The minimum absolute atomic E-state index is 0.00516. The smallest absolute Gasteiger partial charge is 0.421 e. The van der Waals surface area contributed by atoms with Crippen molar-refractivity contribution in [1.82, 2.24) is 5.32 Å². The van der Waals surface area contributed by atoms with Gasteiger partial charge < -0.3 is 13.9 Å². The van der Waals surface area contributed by atoms with Crippen molar-refractivity contribution in [2.24, 2.45) is 0 Å². The minimum Gasteiger partial charge on any atom is -0.497 e. The highest BCUT2D eigenvalue weighted by molar-refractivity contribution is 6.74. The van der Waals surface area contributed by atoms with E-state index < -0.39 is 31.5 Å². The van der Waals surface area contributed by atoms with E-state index in [1.807, 2.05) is 72.8 Å². The number of imide groups is 1. The maximum atomic E-state index is 14.8. The average molecular weight is 589 g/mol. The molecule has 7 nitrogen and oxygen atoms in total. The molecule has 224 valence electrons.